The van der Waals surface area contributed by atoms with Crippen molar-refractivity contribution in [3.63, 3.8) is 0 Å². The van der Waals surface area contributed by atoms with Gasteiger partial charge in [-0.3, -0.25) is 9.59 Å². The number of aryl methyl sites for hydroxylation is 2. The monoisotopic (exact) mass is 590 g/mol. The van der Waals surface area contributed by atoms with Crippen molar-refractivity contribution in [2.45, 2.75) is 58.1 Å². The number of halogens is 1. The van der Waals surface area contributed by atoms with Gasteiger partial charge in [0.2, 0.25) is 0 Å². The molecule has 2 aromatic carbocycles. The normalized spacial score (nSPS) is 13.8. The lowest BCUT2D eigenvalue weighted by Gasteiger charge is -2.27. The highest BCUT2D eigenvalue weighted by molar-refractivity contribution is 7.91. The van der Waals surface area contributed by atoms with Gasteiger partial charge < -0.3 is 9.12 Å². The molecule has 0 spiro atoms. The van der Waals surface area contributed by atoms with Gasteiger partial charge in [0.1, 0.15) is 4.75 Å². The van der Waals surface area contributed by atoms with Gasteiger partial charge in [-0.15, -0.1) is 4.72 Å². The first-order chi connectivity index (χ1) is 18.0. The predicted molar refractivity (Wildman–Crippen MR) is 159 cm³/mol. The number of carbonyl (C=O) groups is 1. The predicted octanol–water partition coefficient (Wildman–Crippen LogP) is 5.29. The summed E-state index contributed by atoms with van der Waals surface area (Å²) >= 11 is 5.01. The molecular formula is C29H35ClN2O5S2. The second-order valence-corrected chi connectivity index (χ2v) is 15.4. The van der Waals surface area contributed by atoms with Crippen LogP contribution in [0.2, 0.25) is 5.02 Å². The molecule has 0 aliphatic rings. The third-order valence-corrected chi connectivity index (χ3v) is 10.0. The Labute approximate surface area is 238 Å². The van der Waals surface area contributed by atoms with Gasteiger partial charge >= 0.3 is 0 Å². The van der Waals surface area contributed by atoms with E-state index < -0.39 is 32.0 Å². The van der Waals surface area contributed by atoms with E-state index in [2.05, 4.69) is 4.72 Å². The second-order valence-electron chi connectivity index (χ2n) is 10.7. The minimum absolute atomic E-state index is 0.0212. The van der Waals surface area contributed by atoms with Crippen molar-refractivity contribution in [2.24, 2.45) is 7.05 Å². The smallest absolute Gasteiger partial charge is 0.250 e. The average Bonchev–Trinajstić information content (AvgIpc) is 2.84. The summed E-state index contributed by atoms with van der Waals surface area (Å²) in [7, 11) is -1.75. The largest absolute Gasteiger partial charge is 0.598 e. The number of carbonyl (C=O) groups excluding carboxylic acids is 1. The molecule has 210 valence electrons. The van der Waals surface area contributed by atoms with Gasteiger partial charge in [-0.1, -0.05) is 36.7 Å². The number of sulfone groups is 1. The van der Waals surface area contributed by atoms with Crippen molar-refractivity contribution in [1.82, 2.24) is 9.29 Å². The molecule has 39 heavy (non-hydrogen) atoms. The summed E-state index contributed by atoms with van der Waals surface area (Å²) in [4.78, 5) is 26.5. The van der Waals surface area contributed by atoms with Crippen molar-refractivity contribution in [3.8, 4) is 11.1 Å². The number of ketones is 1. The molecule has 0 unspecified atom stereocenters. The molecule has 0 saturated heterocycles. The lowest BCUT2D eigenvalue weighted by Crippen LogP contribution is -2.41. The Morgan fingerprint density at radius 2 is 1.74 bits per heavy atom. The van der Waals surface area contributed by atoms with Gasteiger partial charge in [0.15, 0.2) is 15.6 Å². The Bertz CT molecular complexity index is 1560. The summed E-state index contributed by atoms with van der Waals surface area (Å²) in [6.07, 6.45) is 1.62. The van der Waals surface area contributed by atoms with Crippen LogP contribution in [0.4, 0.5) is 0 Å². The first kappa shape index (κ1) is 31.1. The number of pyridine rings is 1. The fraction of sp³-hybridized carbons (Fsp3) is 0.379. The molecule has 2 atom stereocenters. The molecule has 0 aliphatic heterocycles. The molecule has 0 radical (unpaired) electrons. The number of nitrogens with one attached hydrogen (secondary N) is 1. The van der Waals surface area contributed by atoms with Crippen molar-refractivity contribution in [2.75, 3.05) is 5.75 Å². The van der Waals surface area contributed by atoms with Crippen molar-refractivity contribution in [1.29, 1.82) is 0 Å². The zero-order valence-corrected chi connectivity index (χ0v) is 25.7. The Balaban J connectivity index is 2.29. The maximum Gasteiger partial charge on any atom is 0.250 e. The zero-order chi connectivity index (χ0) is 29.3. The summed E-state index contributed by atoms with van der Waals surface area (Å²) in [5, 5.41) is 0.305. The first-order valence-electron chi connectivity index (χ1n) is 12.6. The van der Waals surface area contributed by atoms with Crippen LogP contribution in [0.5, 0.6) is 0 Å². The molecule has 10 heteroatoms. The zero-order valence-electron chi connectivity index (χ0n) is 23.3. The molecular weight excluding hydrogens is 556 g/mol. The number of aromatic nitrogens is 1. The summed E-state index contributed by atoms with van der Waals surface area (Å²) < 4.78 is 41.7. The first-order valence-corrected chi connectivity index (χ1v) is 15.9. The van der Waals surface area contributed by atoms with Crippen LogP contribution in [-0.4, -0.2) is 33.8 Å². The number of rotatable bonds is 9. The molecule has 0 saturated carbocycles. The summed E-state index contributed by atoms with van der Waals surface area (Å²) in [5.74, 6) is -0.551. The van der Waals surface area contributed by atoms with E-state index >= 15 is 0 Å². The van der Waals surface area contributed by atoms with Crippen LogP contribution in [0, 0.1) is 6.92 Å². The van der Waals surface area contributed by atoms with E-state index in [0.29, 0.717) is 38.4 Å². The number of benzene rings is 2. The fourth-order valence-corrected chi connectivity index (χ4v) is 6.05. The van der Waals surface area contributed by atoms with Crippen LogP contribution in [0.15, 0.2) is 53.5 Å². The standard InChI is InChI=1S/C29H35ClN2O5S2/c1-8-39(36,37)17-20-10-12-21(28(34)22-11-9-18(2)13-26(22)30)24(14-20)25-16-32(7)27(33)15-23(25)19(3)31-38(35)29(4,5)6/h9-16,19,31H,8,17H2,1-7H3/t19-,38-/m0/s1. The molecule has 1 N–H and O–H groups in total. The topological polar surface area (TPSA) is 108 Å². The van der Waals surface area contributed by atoms with E-state index in [0.717, 1.165) is 5.56 Å². The van der Waals surface area contributed by atoms with E-state index in [-0.39, 0.29) is 22.8 Å². The van der Waals surface area contributed by atoms with Gasteiger partial charge in [0.05, 0.1) is 16.8 Å². The van der Waals surface area contributed by atoms with Gasteiger partial charge in [-0.05, 0) is 75.1 Å². The van der Waals surface area contributed by atoms with Gasteiger partial charge in [-0.25, -0.2) is 8.42 Å². The van der Waals surface area contributed by atoms with Crippen molar-refractivity contribution >= 4 is 38.6 Å². The minimum atomic E-state index is -3.36. The number of hydrogen-bond donors (Lipinski definition) is 1. The molecule has 3 aromatic rings. The molecule has 3 rings (SSSR count). The molecule has 0 aliphatic carbocycles. The highest BCUT2D eigenvalue weighted by atomic mass is 35.5. The lowest BCUT2D eigenvalue weighted by atomic mass is 9.89. The van der Waals surface area contributed by atoms with E-state index in [1.165, 1.54) is 10.6 Å². The minimum Gasteiger partial charge on any atom is -0.598 e. The third-order valence-electron chi connectivity index (χ3n) is 6.38. The highest BCUT2D eigenvalue weighted by Gasteiger charge is 2.30. The van der Waals surface area contributed by atoms with E-state index in [1.807, 2.05) is 27.7 Å². The van der Waals surface area contributed by atoms with Gasteiger partial charge in [0, 0.05) is 53.1 Å². The van der Waals surface area contributed by atoms with Gasteiger partial charge in [0.25, 0.3) is 5.56 Å². The number of hydrogen-bond acceptors (Lipinski definition) is 6. The van der Waals surface area contributed by atoms with Crippen LogP contribution in [-0.2, 0) is 34.0 Å². The maximum atomic E-state index is 13.8. The van der Waals surface area contributed by atoms with Crippen molar-refractivity contribution < 1.29 is 17.8 Å². The van der Waals surface area contributed by atoms with Crippen LogP contribution >= 0.6 is 11.6 Å². The second kappa shape index (κ2) is 12.0. The Kier molecular flexibility index (Phi) is 9.55. The third kappa shape index (κ3) is 7.41. The summed E-state index contributed by atoms with van der Waals surface area (Å²) in [6, 6.07) is 11.0. The average molecular weight is 591 g/mol. The van der Waals surface area contributed by atoms with E-state index in [1.54, 1.807) is 63.5 Å². The number of nitrogens with zero attached hydrogens (tertiary/aromatic N) is 1. The van der Waals surface area contributed by atoms with E-state index in [4.69, 9.17) is 11.6 Å². The highest BCUT2D eigenvalue weighted by Crippen LogP contribution is 2.34. The summed E-state index contributed by atoms with van der Waals surface area (Å²) in [5.41, 5.74) is 3.30. The van der Waals surface area contributed by atoms with E-state index in [9.17, 15) is 22.6 Å². The van der Waals surface area contributed by atoms with Crippen molar-refractivity contribution in [3.05, 3.63) is 91.9 Å². The Morgan fingerprint density at radius 3 is 2.33 bits per heavy atom. The fourth-order valence-electron chi connectivity index (χ4n) is 4.04. The summed E-state index contributed by atoms with van der Waals surface area (Å²) in [6.45, 7) is 10.8. The van der Waals surface area contributed by atoms with Crippen LogP contribution in [0.25, 0.3) is 11.1 Å². The van der Waals surface area contributed by atoms with Gasteiger partial charge in [-0.2, -0.15) is 0 Å². The quantitative estimate of drug-likeness (QED) is 0.268. The van der Waals surface area contributed by atoms with Crippen LogP contribution in [0.1, 0.15) is 73.3 Å². The molecule has 0 bridgehead atoms. The molecule has 1 heterocycles. The lowest BCUT2D eigenvalue weighted by molar-refractivity contribution is 0.103. The molecule has 0 fully saturated rings. The Hall–Kier alpha value is -2.43. The van der Waals surface area contributed by atoms with Crippen LogP contribution < -0.4 is 10.3 Å². The molecule has 1 aromatic heterocycles. The maximum absolute atomic E-state index is 13.8. The van der Waals surface area contributed by atoms with Crippen LogP contribution in [0.3, 0.4) is 0 Å². The SMILES string of the molecule is CCS(=O)(=O)Cc1ccc(C(=O)c2ccc(C)cc2Cl)c(-c2cn(C)c(=O)cc2[C@H](C)N[S@@+]([O-])C(C)(C)C)c1. The molecule has 0 amide bonds. The Morgan fingerprint density at radius 1 is 1.10 bits per heavy atom. The molecule has 7 nitrogen and oxygen atoms in total.